The molecule has 4 nitrogen and oxygen atoms in total. The third-order valence-corrected chi connectivity index (χ3v) is 3.36. The van der Waals surface area contributed by atoms with Gasteiger partial charge < -0.3 is 10.1 Å². The van der Waals surface area contributed by atoms with E-state index in [-0.39, 0.29) is 11.9 Å². The fourth-order valence-electron chi connectivity index (χ4n) is 2.14. The van der Waals surface area contributed by atoms with Crippen molar-refractivity contribution in [3.8, 4) is 0 Å². The maximum Gasteiger partial charge on any atom is 0.306 e. The van der Waals surface area contributed by atoms with Crippen molar-refractivity contribution < 1.29 is 14.3 Å². The first kappa shape index (κ1) is 16.7. The Labute approximate surface area is 136 Å². The summed E-state index contributed by atoms with van der Waals surface area (Å²) < 4.78 is 5.38. The van der Waals surface area contributed by atoms with Gasteiger partial charge in [0.05, 0.1) is 0 Å². The summed E-state index contributed by atoms with van der Waals surface area (Å²) in [7, 11) is 0. The van der Waals surface area contributed by atoms with E-state index in [1.54, 1.807) is 12.1 Å². The highest BCUT2D eigenvalue weighted by molar-refractivity contribution is 5.96. The lowest BCUT2D eigenvalue weighted by atomic mass is 10.1. The predicted octanol–water partition coefficient (Wildman–Crippen LogP) is 4.02. The molecule has 4 heteroatoms. The summed E-state index contributed by atoms with van der Waals surface area (Å²) >= 11 is 0. The predicted molar refractivity (Wildman–Crippen MR) is 90.0 cm³/mol. The zero-order valence-electron chi connectivity index (χ0n) is 13.4. The van der Waals surface area contributed by atoms with E-state index in [9.17, 15) is 9.59 Å². The van der Waals surface area contributed by atoms with Gasteiger partial charge in [0.2, 0.25) is 6.10 Å². The number of carbonyl (C=O) groups excluding carboxylic acids is 2. The quantitative estimate of drug-likeness (QED) is 0.820. The molecule has 0 aliphatic rings. The molecule has 0 aromatic heterocycles. The van der Waals surface area contributed by atoms with Gasteiger partial charge in [-0.15, -0.1) is 0 Å². The summed E-state index contributed by atoms with van der Waals surface area (Å²) in [4.78, 5) is 24.4. The summed E-state index contributed by atoms with van der Waals surface area (Å²) in [6, 6.07) is 16.5. The van der Waals surface area contributed by atoms with E-state index in [1.807, 2.05) is 56.3 Å². The van der Waals surface area contributed by atoms with Gasteiger partial charge in [-0.3, -0.25) is 9.59 Å². The van der Waals surface area contributed by atoms with Crippen LogP contribution < -0.4 is 5.32 Å². The van der Waals surface area contributed by atoms with Gasteiger partial charge in [-0.25, -0.2) is 0 Å². The molecular formula is C19H21NO3. The van der Waals surface area contributed by atoms with Gasteiger partial charge in [-0.2, -0.15) is 0 Å². The summed E-state index contributed by atoms with van der Waals surface area (Å²) in [6.45, 7) is 3.87. The first-order valence-electron chi connectivity index (χ1n) is 7.72. The van der Waals surface area contributed by atoms with Gasteiger partial charge in [-0.05, 0) is 25.5 Å². The van der Waals surface area contributed by atoms with E-state index in [1.165, 1.54) is 0 Å². The Balaban J connectivity index is 2.16. The van der Waals surface area contributed by atoms with Crippen LogP contribution in [0.4, 0.5) is 5.69 Å². The van der Waals surface area contributed by atoms with Crippen molar-refractivity contribution in [1.82, 2.24) is 0 Å². The van der Waals surface area contributed by atoms with Crippen molar-refractivity contribution >= 4 is 17.6 Å². The third kappa shape index (κ3) is 4.95. The normalized spacial score (nSPS) is 11.6. The lowest BCUT2D eigenvalue weighted by Crippen LogP contribution is -2.25. The van der Waals surface area contributed by atoms with Gasteiger partial charge in [0.1, 0.15) is 0 Å². The van der Waals surface area contributed by atoms with Gasteiger partial charge >= 0.3 is 5.97 Å². The van der Waals surface area contributed by atoms with Crippen LogP contribution in [0.15, 0.2) is 54.6 Å². The molecule has 23 heavy (non-hydrogen) atoms. The number of amides is 1. The number of carbonyl (C=O) groups is 2. The highest BCUT2D eigenvalue weighted by Crippen LogP contribution is 2.21. The molecule has 0 fully saturated rings. The molecule has 0 radical (unpaired) electrons. The van der Waals surface area contributed by atoms with Crippen molar-refractivity contribution in [3.05, 3.63) is 65.7 Å². The Kier molecular flexibility index (Phi) is 5.92. The van der Waals surface area contributed by atoms with Crippen molar-refractivity contribution in [1.29, 1.82) is 0 Å². The summed E-state index contributed by atoms with van der Waals surface area (Å²) in [5.74, 6) is -0.732. The Hall–Kier alpha value is -2.62. The van der Waals surface area contributed by atoms with Crippen molar-refractivity contribution in [2.24, 2.45) is 0 Å². The minimum atomic E-state index is -0.948. The van der Waals surface area contributed by atoms with E-state index in [0.717, 1.165) is 5.56 Å². The van der Waals surface area contributed by atoms with E-state index >= 15 is 0 Å². The number of nitrogens with one attached hydrogen (secondary N) is 1. The largest absolute Gasteiger partial charge is 0.447 e. The van der Waals surface area contributed by atoms with Crippen molar-refractivity contribution in [2.75, 3.05) is 5.32 Å². The molecule has 2 aromatic rings. The number of esters is 1. The summed E-state index contributed by atoms with van der Waals surface area (Å²) in [6.07, 6.45) is 0.0256. The van der Waals surface area contributed by atoms with Crippen molar-refractivity contribution in [3.63, 3.8) is 0 Å². The van der Waals surface area contributed by atoms with Crippen LogP contribution in [0.3, 0.4) is 0 Å². The molecule has 0 bridgehead atoms. The van der Waals surface area contributed by atoms with Gasteiger partial charge in [0.15, 0.2) is 0 Å². The second-order valence-corrected chi connectivity index (χ2v) is 5.39. The van der Waals surface area contributed by atoms with Crippen LogP contribution >= 0.6 is 0 Å². The SMILES string of the molecule is CCCC(=O)O[C@H](C(=O)Nc1ccc(C)cc1)c1ccccc1. The van der Waals surface area contributed by atoms with Crippen LogP contribution in [0.25, 0.3) is 0 Å². The van der Waals surface area contributed by atoms with E-state index in [2.05, 4.69) is 5.32 Å². The summed E-state index contributed by atoms with van der Waals surface area (Å²) in [5, 5.41) is 2.80. The molecule has 0 saturated heterocycles. The molecule has 1 N–H and O–H groups in total. The second kappa shape index (κ2) is 8.13. The first-order chi connectivity index (χ1) is 11.1. The Morgan fingerprint density at radius 1 is 1.04 bits per heavy atom. The van der Waals surface area contributed by atoms with E-state index in [4.69, 9.17) is 4.74 Å². The number of hydrogen-bond acceptors (Lipinski definition) is 3. The average Bonchev–Trinajstić information content (AvgIpc) is 2.56. The third-order valence-electron chi connectivity index (χ3n) is 3.36. The van der Waals surface area contributed by atoms with Crippen LogP contribution in [0.2, 0.25) is 0 Å². The highest BCUT2D eigenvalue weighted by atomic mass is 16.5. The average molecular weight is 311 g/mol. The molecule has 0 heterocycles. The molecule has 0 spiro atoms. The molecule has 1 amide bonds. The molecular weight excluding hydrogens is 290 g/mol. The van der Waals surface area contributed by atoms with Crippen LogP contribution in [0.5, 0.6) is 0 Å². The van der Waals surface area contributed by atoms with Crippen LogP contribution in [-0.4, -0.2) is 11.9 Å². The molecule has 2 aromatic carbocycles. The van der Waals surface area contributed by atoms with Crippen LogP contribution in [0, 0.1) is 6.92 Å². The Bertz CT molecular complexity index is 650. The Morgan fingerprint density at radius 2 is 1.70 bits per heavy atom. The summed E-state index contributed by atoms with van der Waals surface area (Å²) in [5.41, 5.74) is 2.44. The molecule has 0 aliphatic heterocycles. The zero-order valence-corrected chi connectivity index (χ0v) is 13.4. The monoisotopic (exact) mass is 311 g/mol. The zero-order chi connectivity index (χ0) is 16.7. The van der Waals surface area contributed by atoms with Gasteiger partial charge in [-0.1, -0.05) is 55.0 Å². The van der Waals surface area contributed by atoms with Crippen LogP contribution in [0.1, 0.15) is 37.0 Å². The maximum absolute atomic E-state index is 12.5. The first-order valence-corrected chi connectivity index (χ1v) is 7.72. The van der Waals surface area contributed by atoms with Gasteiger partial charge in [0, 0.05) is 17.7 Å². The minimum absolute atomic E-state index is 0.293. The number of ether oxygens (including phenoxy) is 1. The number of anilines is 1. The maximum atomic E-state index is 12.5. The lowest BCUT2D eigenvalue weighted by molar-refractivity contribution is -0.154. The van der Waals surface area contributed by atoms with Crippen molar-refractivity contribution in [2.45, 2.75) is 32.8 Å². The smallest absolute Gasteiger partial charge is 0.306 e. The fourth-order valence-corrected chi connectivity index (χ4v) is 2.14. The second-order valence-electron chi connectivity index (χ2n) is 5.39. The Morgan fingerprint density at radius 3 is 2.30 bits per heavy atom. The number of benzene rings is 2. The van der Waals surface area contributed by atoms with Crippen LogP contribution in [-0.2, 0) is 14.3 Å². The number of rotatable bonds is 6. The van der Waals surface area contributed by atoms with Gasteiger partial charge in [0.25, 0.3) is 5.91 Å². The molecule has 1 atom stereocenters. The molecule has 0 saturated carbocycles. The number of aryl methyl sites for hydroxylation is 1. The van der Waals surface area contributed by atoms with E-state index in [0.29, 0.717) is 24.1 Å². The molecule has 120 valence electrons. The number of hydrogen-bond donors (Lipinski definition) is 1. The molecule has 2 rings (SSSR count). The topological polar surface area (TPSA) is 55.4 Å². The highest BCUT2D eigenvalue weighted by Gasteiger charge is 2.24. The lowest BCUT2D eigenvalue weighted by Gasteiger charge is -2.18. The molecule has 0 aliphatic carbocycles. The molecule has 0 unspecified atom stereocenters. The van der Waals surface area contributed by atoms with E-state index < -0.39 is 6.10 Å². The minimum Gasteiger partial charge on any atom is -0.447 e. The fraction of sp³-hybridized carbons (Fsp3) is 0.263. The standard InChI is InChI=1S/C19H21NO3/c1-3-7-17(21)23-18(15-8-5-4-6-9-15)19(22)20-16-12-10-14(2)11-13-16/h4-6,8-13,18H,3,7H2,1-2H3,(H,20,22)/t18-/m0/s1.